The molecule has 0 atom stereocenters. The molecule has 0 bridgehead atoms. The second kappa shape index (κ2) is 6.48. The van der Waals surface area contributed by atoms with E-state index in [9.17, 15) is 4.79 Å². The molecular formula is C19H19N3O. The number of hydrogen-bond acceptors (Lipinski definition) is 2. The van der Waals surface area contributed by atoms with Crippen LogP contribution in [-0.4, -0.2) is 16.1 Å². The topological polar surface area (TPSA) is 49.0 Å². The minimum atomic E-state index is -0.0381. The van der Waals surface area contributed by atoms with Crippen LogP contribution in [0.25, 0.3) is 0 Å². The molecule has 0 saturated heterocycles. The first-order valence-electron chi connectivity index (χ1n) is 7.59. The van der Waals surface area contributed by atoms with Crippen molar-refractivity contribution in [1.82, 2.24) is 10.2 Å². The lowest BCUT2D eigenvalue weighted by atomic mass is 10.1. The smallest absolute Gasteiger partial charge is 0.262 e. The quantitative estimate of drug-likeness (QED) is 0.795. The normalized spacial score (nSPS) is 10.5. The third-order valence-corrected chi connectivity index (χ3v) is 3.84. The van der Waals surface area contributed by atoms with Gasteiger partial charge in [0.05, 0.1) is 17.8 Å². The van der Waals surface area contributed by atoms with Crippen LogP contribution in [0.5, 0.6) is 0 Å². The molecule has 3 aromatic rings. The van der Waals surface area contributed by atoms with Crippen molar-refractivity contribution in [3.05, 3.63) is 83.2 Å². The SMILES string of the molecule is Cc1n[nH]c(C)c1C(=O)N(Cc1ccccc1)c1ccccc1. The Morgan fingerprint density at radius 1 is 1.00 bits per heavy atom. The van der Waals surface area contributed by atoms with Crippen LogP contribution in [0.2, 0.25) is 0 Å². The van der Waals surface area contributed by atoms with Crippen LogP contribution in [0.1, 0.15) is 27.3 Å². The summed E-state index contributed by atoms with van der Waals surface area (Å²) in [5.41, 5.74) is 4.12. The minimum absolute atomic E-state index is 0.0381. The lowest BCUT2D eigenvalue weighted by Crippen LogP contribution is -2.31. The van der Waals surface area contributed by atoms with Crippen molar-refractivity contribution in [1.29, 1.82) is 0 Å². The van der Waals surface area contributed by atoms with Gasteiger partial charge in [-0.25, -0.2) is 0 Å². The van der Waals surface area contributed by atoms with Crippen molar-refractivity contribution in [2.45, 2.75) is 20.4 Å². The van der Waals surface area contributed by atoms with Gasteiger partial charge in [-0.15, -0.1) is 0 Å². The second-order valence-corrected chi connectivity index (χ2v) is 5.52. The maximum absolute atomic E-state index is 13.1. The average Bonchev–Trinajstić information content (AvgIpc) is 2.92. The molecule has 0 aliphatic carbocycles. The fraction of sp³-hybridized carbons (Fsp3) is 0.158. The molecule has 0 radical (unpaired) electrons. The number of hydrogen-bond donors (Lipinski definition) is 1. The van der Waals surface area contributed by atoms with Gasteiger partial charge in [-0.3, -0.25) is 9.89 Å². The monoisotopic (exact) mass is 305 g/mol. The van der Waals surface area contributed by atoms with Crippen LogP contribution in [0.3, 0.4) is 0 Å². The van der Waals surface area contributed by atoms with E-state index in [0.717, 1.165) is 22.6 Å². The lowest BCUT2D eigenvalue weighted by molar-refractivity contribution is 0.0984. The number of anilines is 1. The van der Waals surface area contributed by atoms with Crippen molar-refractivity contribution < 1.29 is 4.79 Å². The number of para-hydroxylation sites is 1. The fourth-order valence-electron chi connectivity index (χ4n) is 2.66. The van der Waals surface area contributed by atoms with Gasteiger partial charge < -0.3 is 4.90 Å². The molecule has 2 aromatic carbocycles. The van der Waals surface area contributed by atoms with E-state index in [0.29, 0.717) is 12.1 Å². The molecule has 0 aliphatic rings. The summed E-state index contributed by atoms with van der Waals surface area (Å²) in [5.74, 6) is -0.0381. The molecule has 116 valence electrons. The Labute approximate surface area is 135 Å². The van der Waals surface area contributed by atoms with Crippen molar-refractivity contribution in [2.24, 2.45) is 0 Å². The number of benzene rings is 2. The Hall–Kier alpha value is -2.88. The molecule has 1 N–H and O–H groups in total. The summed E-state index contributed by atoms with van der Waals surface area (Å²) in [6.07, 6.45) is 0. The van der Waals surface area contributed by atoms with Crippen molar-refractivity contribution >= 4 is 11.6 Å². The predicted molar refractivity (Wildman–Crippen MR) is 91.5 cm³/mol. The Bertz CT molecular complexity index is 774. The minimum Gasteiger partial charge on any atom is -0.304 e. The maximum Gasteiger partial charge on any atom is 0.262 e. The van der Waals surface area contributed by atoms with Crippen LogP contribution < -0.4 is 4.90 Å². The van der Waals surface area contributed by atoms with Crippen molar-refractivity contribution in [2.75, 3.05) is 4.90 Å². The van der Waals surface area contributed by atoms with Crippen LogP contribution >= 0.6 is 0 Å². The lowest BCUT2D eigenvalue weighted by Gasteiger charge is -2.23. The van der Waals surface area contributed by atoms with Crippen molar-refractivity contribution in [3.8, 4) is 0 Å². The number of aromatic nitrogens is 2. The zero-order valence-corrected chi connectivity index (χ0v) is 13.3. The molecule has 0 aliphatic heterocycles. The van der Waals surface area contributed by atoms with Gasteiger partial charge in [-0.05, 0) is 31.5 Å². The molecule has 1 aromatic heterocycles. The standard InChI is InChI=1S/C19H19N3O/c1-14-18(15(2)21-20-14)19(23)22(17-11-7-4-8-12-17)13-16-9-5-3-6-10-16/h3-12H,13H2,1-2H3,(H,20,21). The summed E-state index contributed by atoms with van der Waals surface area (Å²) in [7, 11) is 0. The van der Waals surface area contributed by atoms with E-state index in [2.05, 4.69) is 10.2 Å². The van der Waals surface area contributed by atoms with Gasteiger partial charge in [0.2, 0.25) is 0 Å². The summed E-state index contributed by atoms with van der Waals surface area (Å²) in [4.78, 5) is 14.9. The molecule has 0 saturated carbocycles. The molecular weight excluding hydrogens is 286 g/mol. The first-order chi connectivity index (χ1) is 11.2. The summed E-state index contributed by atoms with van der Waals surface area (Å²) in [5, 5.41) is 7.04. The number of nitrogens with zero attached hydrogens (tertiary/aromatic N) is 2. The van der Waals surface area contributed by atoms with E-state index in [4.69, 9.17) is 0 Å². The fourth-order valence-corrected chi connectivity index (χ4v) is 2.66. The van der Waals surface area contributed by atoms with Gasteiger partial charge in [-0.2, -0.15) is 5.10 Å². The highest BCUT2D eigenvalue weighted by Crippen LogP contribution is 2.22. The van der Waals surface area contributed by atoms with Crippen molar-refractivity contribution in [3.63, 3.8) is 0 Å². The number of carbonyl (C=O) groups is 1. The van der Waals surface area contributed by atoms with E-state index in [-0.39, 0.29) is 5.91 Å². The number of aryl methyl sites for hydroxylation is 2. The zero-order chi connectivity index (χ0) is 16.2. The summed E-state index contributed by atoms with van der Waals surface area (Å²) >= 11 is 0. The third kappa shape index (κ3) is 3.16. The zero-order valence-electron chi connectivity index (χ0n) is 13.3. The van der Waals surface area contributed by atoms with Gasteiger partial charge in [0.15, 0.2) is 0 Å². The summed E-state index contributed by atoms with van der Waals surface area (Å²) in [6, 6.07) is 19.7. The first kappa shape index (κ1) is 15.0. The van der Waals surface area contributed by atoms with Gasteiger partial charge in [0.25, 0.3) is 5.91 Å². The Morgan fingerprint density at radius 2 is 1.61 bits per heavy atom. The molecule has 1 amide bonds. The van der Waals surface area contributed by atoms with Crippen LogP contribution in [0.4, 0.5) is 5.69 Å². The van der Waals surface area contributed by atoms with Crippen LogP contribution in [-0.2, 0) is 6.54 Å². The average molecular weight is 305 g/mol. The van der Waals surface area contributed by atoms with E-state index < -0.39 is 0 Å². The highest BCUT2D eigenvalue weighted by atomic mass is 16.2. The number of rotatable bonds is 4. The third-order valence-electron chi connectivity index (χ3n) is 3.84. The molecule has 0 spiro atoms. The molecule has 0 fully saturated rings. The van der Waals surface area contributed by atoms with Gasteiger partial charge in [0, 0.05) is 11.4 Å². The summed E-state index contributed by atoms with van der Waals surface area (Å²) in [6.45, 7) is 4.25. The molecule has 4 heteroatoms. The van der Waals surface area contributed by atoms with Gasteiger partial charge in [-0.1, -0.05) is 48.5 Å². The van der Waals surface area contributed by atoms with Gasteiger partial charge >= 0.3 is 0 Å². The Kier molecular flexibility index (Phi) is 4.24. The van der Waals surface area contributed by atoms with Gasteiger partial charge in [0.1, 0.15) is 0 Å². The molecule has 3 rings (SSSR count). The first-order valence-corrected chi connectivity index (χ1v) is 7.59. The molecule has 0 unspecified atom stereocenters. The summed E-state index contributed by atoms with van der Waals surface area (Å²) < 4.78 is 0. The van der Waals surface area contributed by atoms with E-state index in [1.807, 2.05) is 74.5 Å². The number of amides is 1. The highest BCUT2D eigenvalue weighted by molar-refractivity contribution is 6.07. The molecule has 23 heavy (non-hydrogen) atoms. The number of aromatic amines is 1. The second-order valence-electron chi connectivity index (χ2n) is 5.52. The molecule has 1 heterocycles. The van der Waals surface area contributed by atoms with E-state index in [1.54, 1.807) is 4.90 Å². The highest BCUT2D eigenvalue weighted by Gasteiger charge is 2.23. The predicted octanol–water partition coefficient (Wildman–Crippen LogP) is 3.87. The van der Waals surface area contributed by atoms with E-state index >= 15 is 0 Å². The number of H-pyrrole nitrogens is 1. The number of nitrogens with one attached hydrogen (secondary N) is 1. The Morgan fingerprint density at radius 3 is 2.17 bits per heavy atom. The molecule has 4 nitrogen and oxygen atoms in total. The maximum atomic E-state index is 13.1. The van der Waals surface area contributed by atoms with Crippen LogP contribution in [0, 0.1) is 13.8 Å². The van der Waals surface area contributed by atoms with Crippen LogP contribution in [0.15, 0.2) is 60.7 Å². The number of carbonyl (C=O) groups excluding carboxylic acids is 1. The Balaban J connectivity index is 2.00. The largest absolute Gasteiger partial charge is 0.304 e. The van der Waals surface area contributed by atoms with E-state index in [1.165, 1.54) is 0 Å².